The fourth-order valence-corrected chi connectivity index (χ4v) is 2.63. The third-order valence-electron chi connectivity index (χ3n) is 3.29. The minimum atomic E-state index is -0.463. The molecule has 0 spiro atoms. The molecule has 0 N–H and O–H groups in total. The lowest BCUT2D eigenvalue weighted by Gasteiger charge is -2.01. The van der Waals surface area contributed by atoms with E-state index >= 15 is 0 Å². The second kappa shape index (κ2) is 8.70. The van der Waals surface area contributed by atoms with Crippen LogP contribution in [0.5, 0.6) is 0 Å². The zero-order valence-electron chi connectivity index (χ0n) is 13.4. The highest BCUT2D eigenvalue weighted by atomic mass is 32.1. The Morgan fingerprint density at radius 1 is 0.840 bits per heavy atom. The summed E-state index contributed by atoms with van der Waals surface area (Å²) in [6, 6.07) is 26.8. The predicted octanol–water partition coefficient (Wildman–Crippen LogP) is 4.69. The fraction of sp³-hybridized carbons (Fsp3) is 0.0500. The smallest absolute Gasteiger partial charge is 0.369 e. The first kappa shape index (κ1) is 16.8. The van der Waals surface area contributed by atoms with E-state index in [0.29, 0.717) is 5.82 Å². The lowest BCUT2D eigenvalue weighted by molar-refractivity contribution is 0.0472. The summed E-state index contributed by atoms with van der Waals surface area (Å²) in [7, 11) is 0. The molecule has 0 saturated carbocycles. The van der Waals surface area contributed by atoms with Crippen molar-refractivity contribution in [3.05, 3.63) is 95.5 Å². The predicted molar refractivity (Wildman–Crippen MR) is 98.5 cm³/mol. The van der Waals surface area contributed by atoms with E-state index in [1.54, 1.807) is 0 Å². The monoisotopic (exact) mass is 348 g/mol. The van der Waals surface area contributed by atoms with Crippen LogP contribution in [-0.2, 0) is 11.3 Å². The quantitative estimate of drug-likeness (QED) is 0.642. The Morgan fingerprint density at radius 2 is 1.40 bits per heavy atom. The number of hydrogen-bond acceptors (Lipinski definition) is 5. The maximum absolute atomic E-state index is 12.2. The second-order valence-corrected chi connectivity index (χ2v) is 5.87. The van der Waals surface area contributed by atoms with E-state index in [0.717, 1.165) is 22.7 Å². The van der Waals surface area contributed by atoms with Gasteiger partial charge in [0.25, 0.3) is 0 Å². The van der Waals surface area contributed by atoms with E-state index < -0.39 is 5.97 Å². The SMILES string of the molecule is O=C(OCc1ccccc1)c1nc(-c2ccccccccc2)ns1. The third kappa shape index (κ3) is 4.96. The van der Waals surface area contributed by atoms with E-state index in [2.05, 4.69) is 9.36 Å². The van der Waals surface area contributed by atoms with Gasteiger partial charge in [0, 0.05) is 5.56 Å². The molecule has 3 aromatic rings. The number of aromatic nitrogens is 2. The highest BCUT2D eigenvalue weighted by Crippen LogP contribution is 2.17. The molecule has 1 heterocycles. The maximum atomic E-state index is 12.2. The average molecular weight is 348 g/mol. The Bertz CT molecular complexity index is 868. The van der Waals surface area contributed by atoms with E-state index in [9.17, 15) is 4.79 Å². The highest BCUT2D eigenvalue weighted by molar-refractivity contribution is 7.07. The number of benzene rings is 1. The summed E-state index contributed by atoms with van der Waals surface area (Å²) >= 11 is 1.04. The Morgan fingerprint density at radius 3 is 2.08 bits per heavy atom. The Hall–Kier alpha value is -3.05. The van der Waals surface area contributed by atoms with E-state index in [-0.39, 0.29) is 11.6 Å². The minimum Gasteiger partial charge on any atom is -0.455 e. The molecule has 25 heavy (non-hydrogen) atoms. The highest BCUT2D eigenvalue weighted by Gasteiger charge is 2.14. The Labute approximate surface area is 150 Å². The van der Waals surface area contributed by atoms with Crippen LogP contribution in [-0.4, -0.2) is 15.3 Å². The van der Waals surface area contributed by atoms with Crippen LogP contribution in [0.2, 0.25) is 0 Å². The van der Waals surface area contributed by atoms with Gasteiger partial charge in [0.2, 0.25) is 5.01 Å². The first-order valence-corrected chi connectivity index (χ1v) is 8.54. The molecule has 0 bridgehead atoms. The van der Waals surface area contributed by atoms with Crippen molar-refractivity contribution >= 4 is 17.5 Å². The minimum absolute atomic E-state index is 0.219. The molecule has 0 atom stereocenters. The number of ether oxygens (including phenoxy) is 1. The molecular weight excluding hydrogens is 332 g/mol. The topological polar surface area (TPSA) is 52.1 Å². The molecule has 0 aliphatic heterocycles. The van der Waals surface area contributed by atoms with Crippen LogP contribution in [0.3, 0.4) is 0 Å². The van der Waals surface area contributed by atoms with Gasteiger partial charge in [-0.3, -0.25) is 0 Å². The van der Waals surface area contributed by atoms with Gasteiger partial charge in [0.05, 0.1) is 0 Å². The first-order chi connectivity index (χ1) is 12.3. The van der Waals surface area contributed by atoms with Crippen LogP contribution in [0, 0.1) is 0 Å². The van der Waals surface area contributed by atoms with Crippen LogP contribution in [0.4, 0.5) is 0 Å². The zero-order valence-corrected chi connectivity index (χ0v) is 14.2. The van der Waals surface area contributed by atoms with E-state index in [4.69, 9.17) is 4.74 Å². The molecule has 0 aliphatic rings. The summed E-state index contributed by atoms with van der Waals surface area (Å²) in [5.41, 5.74) is 1.76. The molecule has 4 nitrogen and oxygen atoms in total. The molecule has 0 unspecified atom stereocenters. The number of hydrogen-bond donors (Lipinski definition) is 0. The standard InChI is InChI=1S/C20H16N2O2S/c23-20(24-15-16-11-7-6-8-12-16)19-21-18(22-25-19)17-13-9-4-2-1-3-5-10-14-17/h1-14H,15H2. The Kier molecular flexibility index (Phi) is 5.85. The van der Waals surface area contributed by atoms with Crippen LogP contribution in [0.15, 0.2) is 84.9 Å². The molecule has 0 amide bonds. The van der Waals surface area contributed by atoms with Crippen molar-refractivity contribution in [1.29, 1.82) is 0 Å². The molecule has 0 saturated heterocycles. The van der Waals surface area contributed by atoms with Crippen LogP contribution >= 0.6 is 11.5 Å². The number of esters is 1. The average Bonchev–Trinajstić information content (AvgIpc) is 3.15. The molecule has 1 aromatic heterocycles. The van der Waals surface area contributed by atoms with Crippen molar-refractivity contribution in [2.75, 3.05) is 0 Å². The van der Waals surface area contributed by atoms with Gasteiger partial charge < -0.3 is 4.74 Å². The Balaban J connectivity index is 1.75. The van der Waals surface area contributed by atoms with Gasteiger partial charge in [0.1, 0.15) is 6.61 Å². The summed E-state index contributed by atoms with van der Waals surface area (Å²) in [6.07, 6.45) is 0. The number of carbonyl (C=O) groups excluding carboxylic acids is 1. The maximum Gasteiger partial charge on any atom is 0.369 e. The summed E-state index contributed by atoms with van der Waals surface area (Å²) in [4.78, 5) is 16.5. The fourth-order valence-electron chi connectivity index (χ4n) is 2.05. The largest absolute Gasteiger partial charge is 0.455 e. The molecule has 3 rings (SSSR count). The van der Waals surface area contributed by atoms with Crippen LogP contribution in [0.25, 0.3) is 11.4 Å². The van der Waals surface area contributed by atoms with Crippen molar-refractivity contribution in [3.8, 4) is 11.4 Å². The van der Waals surface area contributed by atoms with Crippen molar-refractivity contribution in [2.24, 2.45) is 0 Å². The van der Waals surface area contributed by atoms with Gasteiger partial charge in [-0.25, -0.2) is 9.78 Å². The number of carbonyl (C=O) groups is 1. The molecule has 5 heteroatoms. The van der Waals surface area contributed by atoms with Gasteiger partial charge in [-0.2, -0.15) is 4.37 Å². The van der Waals surface area contributed by atoms with Crippen LogP contribution < -0.4 is 0 Å². The third-order valence-corrected chi connectivity index (χ3v) is 3.98. The zero-order chi connectivity index (χ0) is 17.3. The van der Waals surface area contributed by atoms with Gasteiger partial charge >= 0.3 is 5.97 Å². The van der Waals surface area contributed by atoms with Crippen molar-refractivity contribution in [2.45, 2.75) is 6.61 Å². The van der Waals surface area contributed by atoms with Gasteiger partial charge in [-0.15, -0.1) is 0 Å². The summed E-state index contributed by atoms with van der Waals surface area (Å²) in [5.74, 6) is 0.0472. The van der Waals surface area contributed by atoms with E-state index in [1.165, 1.54) is 0 Å². The number of rotatable bonds is 4. The molecule has 124 valence electrons. The van der Waals surface area contributed by atoms with Crippen molar-refractivity contribution < 1.29 is 9.53 Å². The second-order valence-electron chi connectivity index (χ2n) is 5.12. The molecule has 0 aliphatic carbocycles. The van der Waals surface area contributed by atoms with Gasteiger partial charge in [-0.1, -0.05) is 84.9 Å². The summed E-state index contributed by atoms with van der Waals surface area (Å²) in [5, 5.41) is 0.247. The molecule has 0 fully saturated rings. The summed E-state index contributed by atoms with van der Waals surface area (Å²) < 4.78 is 9.57. The lowest BCUT2D eigenvalue weighted by Crippen LogP contribution is -2.04. The van der Waals surface area contributed by atoms with Gasteiger partial charge in [0.15, 0.2) is 5.82 Å². The summed E-state index contributed by atoms with van der Waals surface area (Å²) in [6.45, 7) is 0.219. The molecular formula is C20H16N2O2S. The van der Waals surface area contributed by atoms with Crippen molar-refractivity contribution in [3.63, 3.8) is 0 Å². The number of nitrogens with zero attached hydrogens (tertiary/aromatic N) is 2. The normalized spacial score (nSPS) is 9.92. The van der Waals surface area contributed by atoms with Crippen LogP contribution in [0.1, 0.15) is 15.4 Å². The molecule has 0 radical (unpaired) electrons. The van der Waals surface area contributed by atoms with E-state index in [1.807, 2.05) is 84.9 Å². The molecule has 2 aromatic carbocycles. The van der Waals surface area contributed by atoms with Crippen molar-refractivity contribution in [1.82, 2.24) is 9.36 Å². The van der Waals surface area contributed by atoms with Gasteiger partial charge in [-0.05, 0) is 17.1 Å². The lowest BCUT2D eigenvalue weighted by atomic mass is 10.2. The first-order valence-electron chi connectivity index (χ1n) is 7.76.